The SMILES string of the molecule is CCOC(=O)c1c(C)cc(O[Si](C)(C)C(C)(C)C)cc1O[Si](C)(C)C(C)(C)C. The third-order valence-electron chi connectivity index (χ3n) is 6.10. The van der Waals surface area contributed by atoms with Crippen molar-refractivity contribution in [2.45, 2.75) is 91.7 Å². The molecule has 0 bridgehead atoms. The first kappa shape index (κ1) is 24.8. The van der Waals surface area contributed by atoms with E-state index in [2.05, 4.69) is 67.7 Å². The molecule has 4 nitrogen and oxygen atoms in total. The van der Waals surface area contributed by atoms with Crippen molar-refractivity contribution in [1.29, 1.82) is 0 Å². The predicted octanol–water partition coefficient (Wildman–Crippen LogP) is 6.94. The number of ether oxygens (including phenoxy) is 1. The van der Waals surface area contributed by atoms with Gasteiger partial charge in [-0.25, -0.2) is 4.79 Å². The highest BCUT2D eigenvalue weighted by molar-refractivity contribution is 6.75. The fourth-order valence-electron chi connectivity index (χ4n) is 2.20. The van der Waals surface area contributed by atoms with E-state index < -0.39 is 16.6 Å². The highest BCUT2D eigenvalue weighted by Gasteiger charge is 2.41. The number of hydrogen-bond acceptors (Lipinski definition) is 4. The lowest BCUT2D eigenvalue weighted by Gasteiger charge is -2.38. The van der Waals surface area contributed by atoms with Gasteiger partial charge in [0.15, 0.2) is 0 Å². The van der Waals surface area contributed by atoms with Gasteiger partial charge >= 0.3 is 5.97 Å². The minimum atomic E-state index is -2.14. The molecule has 0 amide bonds. The molecular weight excluding hydrogens is 384 g/mol. The molecule has 160 valence electrons. The van der Waals surface area contributed by atoms with Crippen molar-refractivity contribution in [3.05, 3.63) is 23.3 Å². The molecule has 0 N–H and O–H groups in total. The first-order valence-electron chi connectivity index (χ1n) is 10.1. The van der Waals surface area contributed by atoms with Gasteiger partial charge in [-0.3, -0.25) is 0 Å². The molecule has 0 aromatic heterocycles. The van der Waals surface area contributed by atoms with Crippen LogP contribution in [-0.4, -0.2) is 29.2 Å². The first-order valence-corrected chi connectivity index (χ1v) is 15.9. The Bertz CT molecular complexity index is 710. The third-order valence-corrected chi connectivity index (χ3v) is 14.8. The Morgan fingerprint density at radius 2 is 1.36 bits per heavy atom. The molecule has 1 aromatic rings. The third kappa shape index (κ3) is 5.63. The van der Waals surface area contributed by atoms with Crippen LogP contribution in [-0.2, 0) is 4.74 Å². The lowest BCUT2D eigenvalue weighted by molar-refractivity contribution is 0.0523. The Kier molecular flexibility index (Phi) is 7.27. The molecule has 0 saturated carbocycles. The molecule has 6 heteroatoms. The topological polar surface area (TPSA) is 44.8 Å². The second-order valence-electron chi connectivity index (χ2n) is 10.6. The zero-order valence-electron chi connectivity index (χ0n) is 20.0. The molecule has 0 aliphatic heterocycles. The Balaban J connectivity index is 3.51. The Labute approximate surface area is 174 Å². The minimum absolute atomic E-state index is 0.0170. The molecule has 28 heavy (non-hydrogen) atoms. The molecule has 0 saturated heterocycles. The summed E-state index contributed by atoms with van der Waals surface area (Å²) < 4.78 is 18.4. The zero-order chi connectivity index (χ0) is 22.1. The van der Waals surface area contributed by atoms with Gasteiger partial charge in [0.2, 0.25) is 8.32 Å². The van der Waals surface area contributed by atoms with Gasteiger partial charge in [-0.1, -0.05) is 41.5 Å². The number of esters is 1. The molecule has 0 aliphatic carbocycles. The van der Waals surface area contributed by atoms with E-state index in [0.29, 0.717) is 17.9 Å². The predicted molar refractivity (Wildman–Crippen MR) is 123 cm³/mol. The van der Waals surface area contributed by atoms with Crippen LogP contribution in [0.1, 0.15) is 64.4 Å². The van der Waals surface area contributed by atoms with Crippen LogP contribution in [0.5, 0.6) is 11.5 Å². The summed E-state index contributed by atoms with van der Waals surface area (Å²) in [6.45, 7) is 26.1. The van der Waals surface area contributed by atoms with Crippen LogP contribution in [0.2, 0.25) is 36.3 Å². The quantitative estimate of drug-likeness (QED) is 0.366. The van der Waals surface area contributed by atoms with E-state index in [1.165, 1.54) is 0 Å². The van der Waals surface area contributed by atoms with E-state index in [1.54, 1.807) is 0 Å². The van der Waals surface area contributed by atoms with Crippen LogP contribution < -0.4 is 8.85 Å². The Morgan fingerprint density at radius 3 is 1.79 bits per heavy atom. The van der Waals surface area contributed by atoms with Crippen molar-refractivity contribution >= 4 is 22.6 Å². The summed E-state index contributed by atoms with van der Waals surface area (Å²) in [4.78, 5) is 12.7. The van der Waals surface area contributed by atoms with Gasteiger partial charge in [0.05, 0.1) is 6.61 Å². The van der Waals surface area contributed by atoms with Crippen molar-refractivity contribution in [2.24, 2.45) is 0 Å². The number of aryl methyl sites for hydroxylation is 1. The molecule has 0 atom stereocenters. The molecule has 0 unspecified atom stereocenters. The molecule has 0 radical (unpaired) electrons. The van der Waals surface area contributed by atoms with Crippen LogP contribution in [0.4, 0.5) is 0 Å². The van der Waals surface area contributed by atoms with Crippen molar-refractivity contribution in [3.8, 4) is 11.5 Å². The minimum Gasteiger partial charge on any atom is -0.543 e. The maximum atomic E-state index is 12.7. The number of benzene rings is 1. The molecular formula is C22H40O4Si2. The number of hydrogen-bond donors (Lipinski definition) is 0. The van der Waals surface area contributed by atoms with Gasteiger partial charge in [-0.15, -0.1) is 0 Å². The lowest BCUT2D eigenvalue weighted by atomic mass is 10.1. The Hall–Kier alpha value is -1.28. The average Bonchev–Trinajstić information content (AvgIpc) is 2.43. The van der Waals surface area contributed by atoms with Gasteiger partial charge < -0.3 is 13.6 Å². The largest absolute Gasteiger partial charge is 0.543 e. The van der Waals surface area contributed by atoms with E-state index in [1.807, 2.05) is 26.0 Å². The van der Waals surface area contributed by atoms with Gasteiger partial charge in [0.25, 0.3) is 8.32 Å². The summed E-state index contributed by atoms with van der Waals surface area (Å²) in [5.41, 5.74) is 1.33. The summed E-state index contributed by atoms with van der Waals surface area (Å²) in [6, 6.07) is 3.82. The van der Waals surface area contributed by atoms with Crippen LogP contribution in [0.15, 0.2) is 12.1 Å². The van der Waals surface area contributed by atoms with Crippen LogP contribution in [0.3, 0.4) is 0 Å². The normalized spacial score (nSPS) is 13.3. The zero-order valence-corrected chi connectivity index (χ0v) is 22.0. The maximum Gasteiger partial charge on any atom is 0.342 e. The van der Waals surface area contributed by atoms with Gasteiger partial charge in [0, 0.05) is 6.07 Å². The summed E-state index contributed by atoms with van der Waals surface area (Å²) >= 11 is 0. The fourth-order valence-corrected chi connectivity index (χ4v) is 4.23. The highest BCUT2D eigenvalue weighted by Crippen LogP contribution is 2.42. The number of carbonyl (C=O) groups excluding carboxylic acids is 1. The highest BCUT2D eigenvalue weighted by atomic mass is 28.4. The van der Waals surface area contributed by atoms with E-state index in [0.717, 1.165) is 11.3 Å². The fraction of sp³-hybridized carbons (Fsp3) is 0.682. The van der Waals surface area contributed by atoms with Crippen LogP contribution in [0, 0.1) is 6.92 Å². The van der Waals surface area contributed by atoms with Crippen LogP contribution in [0.25, 0.3) is 0 Å². The van der Waals surface area contributed by atoms with Crippen molar-refractivity contribution in [3.63, 3.8) is 0 Å². The molecule has 0 heterocycles. The van der Waals surface area contributed by atoms with Crippen LogP contribution >= 0.6 is 0 Å². The van der Waals surface area contributed by atoms with E-state index in [-0.39, 0.29) is 16.0 Å². The molecule has 0 aliphatic rings. The van der Waals surface area contributed by atoms with E-state index >= 15 is 0 Å². The smallest absolute Gasteiger partial charge is 0.342 e. The standard InChI is InChI=1S/C22H40O4Si2/c1-13-24-20(23)19-16(2)14-17(25-27(9,10)21(3,4)5)15-18(19)26-28(11,12)22(6,7)8/h14-15H,13H2,1-12H3. The monoisotopic (exact) mass is 424 g/mol. The Morgan fingerprint density at radius 1 is 0.893 bits per heavy atom. The van der Waals surface area contributed by atoms with Gasteiger partial charge in [-0.05, 0) is 61.7 Å². The molecule has 0 fully saturated rings. The molecule has 1 rings (SSSR count). The number of rotatable bonds is 6. The summed E-state index contributed by atoms with van der Waals surface area (Å²) in [6.07, 6.45) is 0. The maximum absolute atomic E-state index is 12.7. The van der Waals surface area contributed by atoms with Crippen molar-refractivity contribution in [1.82, 2.24) is 0 Å². The summed E-state index contributed by atoms with van der Waals surface area (Å²) in [5, 5.41) is 0.101. The molecule has 0 spiro atoms. The second kappa shape index (κ2) is 8.22. The van der Waals surface area contributed by atoms with Crippen molar-refractivity contribution < 1.29 is 18.4 Å². The lowest BCUT2D eigenvalue weighted by Crippen LogP contribution is -2.45. The molecule has 1 aromatic carbocycles. The summed E-state index contributed by atoms with van der Waals surface area (Å²) in [7, 11) is -4.15. The average molecular weight is 425 g/mol. The van der Waals surface area contributed by atoms with E-state index in [4.69, 9.17) is 13.6 Å². The second-order valence-corrected chi connectivity index (χ2v) is 20.0. The van der Waals surface area contributed by atoms with Crippen molar-refractivity contribution in [2.75, 3.05) is 6.61 Å². The van der Waals surface area contributed by atoms with Gasteiger partial charge in [0.1, 0.15) is 17.1 Å². The van der Waals surface area contributed by atoms with Gasteiger partial charge in [-0.2, -0.15) is 0 Å². The van der Waals surface area contributed by atoms with E-state index in [9.17, 15) is 4.79 Å². The first-order chi connectivity index (χ1) is 12.4. The number of carbonyl (C=O) groups is 1. The summed E-state index contributed by atoms with van der Waals surface area (Å²) in [5.74, 6) is 1.01.